The molecule has 10 nitrogen and oxygen atoms in total. The second kappa shape index (κ2) is 20.4. The minimum atomic E-state index is -5.21. The summed E-state index contributed by atoms with van der Waals surface area (Å²) >= 11 is 3.41. The molecular formula is C45H51N3O7S4. The Morgan fingerprint density at radius 2 is 1.51 bits per heavy atom. The van der Waals surface area contributed by atoms with Gasteiger partial charge in [0.25, 0.3) is 0 Å². The third kappa shape index (κ3) is 11.2. The van der Waals surface area contributed by atoms with Crippen LogP contribution in [0.1, 0.15) is 53.4 Å². The predicted octanol–water partition coefficient (Wildman–Crippen LogP) is 9.65. The first-order valence-electron chi connectivity index (χ1n) is 19.9. The highest BCUT2D eigenvalue weighted by atomic mass is 32.2. The summed E-state index contributed by atoms with van der Waals surface area (Å²) in [4.78, 5) is 3.35. The molecule has 0 spiro atoms. The molecule has 1 heterocycles. The van der Waals surface area contributed by atoms with Gasteiger partial charge < -0.3 is 13.9 Å². The predicted molar refractivity (Wildman–Crippen MR) is 239 cm³/mol. The fourth-order valence-electron chi connectivity index (χ4n) is 6.88. The van der Waals surface area contributed by atoms with Crippen LogP contribution in [0.25, 0.3) is 33.4 Å². The van der Waals surface area contributed by atoms with Crippen LogP contribution in [0, 0.1) is 5.92 Å². The number of anilines is 1. The van der Waals surface area contributed by atoms with E-state index in [1.54, 1.807) is 23.5 Å². The Hall–Kier alpha value is -4.15. The minimum absolute atomic E-state index is 0.0581. The van der Waals surface area contributed by atoms with Crippen molar-refractivity contribution in [3.63, 3.8) is 0 Å². The van der Waals surface area contributed by atoms with Crippen LogP contribution < -0.4 is 20.3 Å². The number of nitrogens with one attached hydrogen (secondary N) is 1. The van der Waals surface area contributed by atoms with E-state index in [1.165, 1.54) is 12.1 Å². The number of hydroxylamine groups is 1. The molecule has 0 bridgehead atoms. The average Bonchev–Trinajstić information content (AvgIpc) is 3.24. The number of hydrogen-bond donors (Lipinski definition) is 1. The normalized spacial score (nSPS) is 13.2. The van der Waals surface area contributed by atoms with Gasteiger partial charge in [0, 0.05) is 62.8 Å². The monoisotopic (exact) mass is 873 g/mol. The van der Waals surface area contributed by atoms with E-state index >= 15 is 0 Å². The van der Waals surface area contributed by atoms with Crippen LogP contribution in [0.15, 0.2) is 139 Å². The van der Waals surface area contributed by atoms with Crippen molar-refractivity contribution in [1.29, 1.82) is 0 Å². The zero-order valence-corrected chi connectivity index (χ0v) is 37.1. The highest BCUT2D eigenvalue weighted by molar-refractivity contribution is 7.99. The molecule has 0 amide bonds. The van der Waals surface area contributed by atoms with Gasteiger partial charge in [-0.3, -0.25) is 0 Å². The van der Waals surface area contributed by atoms with Crippen LogP contribution in [-0.4, -0.2) is 52.8 Å². The number of rotatable bonds is 20. The second-order valence-electron chi connectivity index (χ2n) is 14.1. The van der Waals surface area contributed by atoms with Crippen molar-refractivity contribution in [3.8, 4) is 22.5 Å². The number of thioether (sulfide) groups is 2. The molecule has 2 aliphatic rings. The van der Waals surface area contributed by atoms with Crippen molar-refractivity contribution in [2.24, 2.45) is 5.92 Å². The zero-order valence-electron chi connectivity index (χ0n) is 33.8. The van der Waals surface area contributed by atoms with Crippen LogP contribution in [0.5, 0.6) is 0 Å². The highest BCUT2D eigenvalue weighted by Crippen LogP contribution is 2.43. The maximum absolute atomic E-state index is 13.4. The molecule has 4 aromatic rings. The molecule has 59 heavy (non-hydrogen) atoms. The summed E-state index contributed by atoms with van der Waals surface area (Å²) in [6, 6.07) is 35.3. The van der Waals surface area contributed by atoms with Gasteiger partial charge in [-0.1, -0.05) is 87.3 Å². The van der Waals surface area contributed by atoms with Crippen molar-refractivity contribution in [1.82, 2.24) is 10.1 Å². The number of nitrogens with zero attached hydrogens (tertiary/aromatic N) is 2. The standard InChI is InChI=1S/C45H51N3O7S4/c1-5-9-16-33(6-2)30-46-55-59(52,53)38-23-26-41(44(29-38)58(49,50)51)45-39-24-21-34(47(7-3)31-56-36-17-12-10-13-18-36)27-42(39)54-43-28-35(22-25-40(43)45)48(8-4)32-57-37-19-14-11-15-20-37/h10-15,17-29,33,46H,5-9,16,30-32H2,1-4H3. The van der Waals surface area contributed by atoms with Crippen molar-refractivity contribution >= 4 is 60.4 Å². The zero-order chi connectivity index (χ0) is 42.0. The van der Waals surface area contributed by atoms with Crippen molar-refractivity contribution < 1.29 is 30.1 Å². The first-order chi connectivity index (χ1) is 28.4. The van der Waals surface area contributed by atoms with E-state index in [0.29, 0.717) is 59.2 Å². The molecule has 1 unspecified atom stereocenters. The number of hydrogen-bond acceptors (Lipinski definition) is 11. The lowest BCUT2D eigenvalue weighted by molar-refractivity contribution is 0.179. The molecule has 14 heteroatoms. The van der Waals surface area contributed by atoms with Crippen molar-refractivity contribution in [2.45, 2.75) is 73.0 Å². The largest absolute Gasteiger partial charge is 0.744 e. The van der Waals surface area contributed by atoms with Crippen LogP contribution in [0.2, 0.25) is 0 Å². The van der Waals surface area contributed by atoms with E-state index in [9.17, 15) is 21.4 Å². The Balaban J connectivity index is 1.48. The van der Waals surface area contributed by atoms with E-state index in [0.717, 1.165) is 52.6 Å². The molecular weight excluding hydrogens is 823 g/mol. The lowest BCUT2D eigenvalue weighted by atomic mass is 9.93. The molecule has 6 rings (SSSR count). The van der Waals surface area contributed by atoms with Crippen molar-refractivity contribution in [2.75, 3.05) is 36.3 Å². The van der Waals surface area contributed by atoms with Crippen molar-refractivity contribution in [3.05, 3.63) is 121 Å². The Morgan fingerprint density at radius 3 is 2.15 bits per heavy atom. The van der Waals surface area contributed by atoms with Gasteiger partial charge in [-0.25, -0.2) is 13.0 Å². The van der Waals surface area contributed by atoms with Gasteiger partial charge in [0.2, 0.25) is 5.36 Å². The van der Waals surface area contributed by atoms with E-state index in [2.05, 4.69) is 60.0 Å². The minimum Gasteiger partial charge on any atom is -0.744 e. The molecule has 1 atom stereocenters. The third-order valence-corrected chi connectivity index (χ3v) is 14.4. The number of benzene rings is 5. The lowest BCUT2D eigenvalue weighted by Gasteiger charge is -2.24. The Kier molecular flexibility index (Phi) is 15.4. The van der Waals surface area contributed by atoms with Crippen LogP contribution in [0.4, 0.5) is 5.69 Å². The van der Waals surface area contributed by atoms with Gasteiger partial charge in [-0.2, -0.15) is 18.2 Å². The highest BCUT2D eigenvalue weighted by Gasteiger charge is 2.26. The summed E-state index contributed by atoms with van der Waals surface area (Å²) in [6.45, 7) is 10.0. The van der Waals surface area contributed by atoms with E-state index in [4.69, 9.17) is 8.70 Å². The summed E-state index contributed by atoms with van der Waals surface area (Å²) in [7, 11) is -9.70. The fourth-order valence-corrected chi connectivity index (χ4v) is 10.5. The number of unbranched alkanes of at least 4 members (excludes halogenated alkanes) is 1. The Bertz CT molecular complexity index is 2600. The van der Waals surface area contributed by atoms with E-state index in [1.807, 2.05) is 79.7 Å². The average molecular weight is 874 g/mol. The molecule has 4 aromatic carbocycles. The topological polar surface area (TPSA) is 132 Å². The van der Waals surface area contributed by atoms with Gasteiger partial charge in [-0.15, -0.1) is 11.8 Å². The van der Waals surface area contributed by atoms with Crippen LogP contribution in [-0.2, 0) is 24.5 Å². The van der Waals surface area contributed by atoms with E-state index in [-0.39, 0.29) is 11.5 Å². The van der Waals surface area contributed by atoms with Gasteiger partial charge in [0.05, 0.1) is 21.7 Å². The quantitative estimate of drug-likeness (QED) is 0.0196. The van der Waals surface area contributed by atoms with Crippen LogP contribution >= 0.6 is 23.5 Å². The molecule has 0 saturated carbocycles. The summed E-state index contributed by atoms with van der Waals surface area (Å²) in [5, 5.41) is 1.45. The van der Waals surface area contributed by atoms with Gasteiger partial charge in [0.1, 0.15) is 28.0 Å². The second-order valence-corrected chi connectivity index (χ2v) is 19.1. The number of fused-ring (bicyclic) bond motifs is 2. The molecule has 0 saturated heterocycles. The summed E-state index contributed by atoms with van der Waals surface area (Å²) < 4.78 is 80.2. The SMILES string of the molecule is CCCCC(CC)CNOS(=O)(=O)c1ccc(-c2c3cc/c(=[N+](\CC)CSc4ccccc4)cc-3oc3cc(N(CC)CSc4ccccc4)ccc23)c(S(=O)(=O)[O-])c1. The fraction of sp³-hybridized carbons (Fsp3) is 0.311. The maximum atomic E-state index is 13.4. The molecule has 0 fully saturated rings. The maximum Gasteiger partial charge on any atom is 0.312 e. The van der Waals surface area contributed by atoms with Gasteiger partial charge in [0.15, 0.2) is 5.88 Å². The summed E-state index contributed by atoms with van der Waals surface area (Å²) in [6.07, 6.45) is 3.78. The molecule has 0 aromatic heterocycles. The Morgan fingerprint density at radius 1 is 0.814 bits per heavy atom. The molecule has 1 aliphatic carbocycles. The smallest absolute Gasteiger partial charge is 0.312 e. The molecule has 0 radical (unpaired) electrons. The van der Waals surface area contributed by atoms with E-state index < -0.39 is 30.0 Å². The lowest BCUT2D eigenvalue weighted by Crippen LogP contribution is -2.29. The van der Waals surface area contributed by atoms with Crippen LogP contribution in [0.3, 0.4) is 0 Å². The summed E-state index contributed by atoms with van der Waals surface area (Å²) in [5.41, 5.74) is 4.99. The third-order valence-electron chi connectivity index (χ3n) is 10.3. The van der Waals surface area contributed by atoms with Gasteiger partial charge in [-0.05, 0) is 80.8 Å². The first kappa shape index (κ1) is 44.4. The summed E-state index contributed by atoms with van der Waals surface area (Å²) in [5.74, 6) is 2.02. The first-order valence-corrected chi connectivity index (χ1v) is 24.7. The molecule has 312 valence electrons. The van der Waals surface area contributed by atoms with Gasteiger partial charge >= 0.3 is 10.1 Å². The molecule has 1 N–H and O–H groups in total. The Labute approximate surface area is 356 Å². The molecule has 1 aliphatic heterocycles.